The fourth-order valence-electron chi connectivity index (χ4n) is 2.14. The van der Waals surface area contributed by atoms with Crippen LogP contribution in [0, 0.1) is 0 Å². The smallest absolute Gasteiger partial charge is 0.261 e. The van der Waals surface area contributed by atoms with Gasteiger partial charge < -0.3 is 0 Å². The van der Waals surface area contributed by atoms with Gasteiger partial charge in [-0.1, -0.05) is 32.0 Å². The molecule has 8 heteroatoms. The SMILES string of the molecule is CC(C)(CNS(=O)(=O)c1ccccc1C(F)(F)F)c1ccccn1. The molecule has 24 heavy (non-hydrogen) atoms. The minimum atomic E-state index is -4.75. The van der Waals surface area contributed by atoms with Gasteiger partial charge in [0.15, 0.2) is 0 Å². The van der Waals surface area contributed by atoms with E-state index in [2.05, 4.69) is 9.71 Å². The van der Waals surface area contributed by atoms with Crippen molar-refractivity contribution in [3.05, 3.63) is 59.9 Å². The third-order valence-corrected chi connectivity index (χ3v) is 5.00. The number of rotatable bonds is 5. The number of sulfonamides is 1. The quantitative estimate of drug-likeness (QED) is 0.892. The molecule has 0 amide bonds. The molecule has 1 heterocycles. The molecule has 0 radical (unpaired) electrons. The van der Waals surface area contributed by atoms with E-state index in [1.165, 1.54) is 6.07 Å². The first-order chi connectivity index (χ1) is 11.0. The van der Waals surface area contributed by atoms with Crippen molar-refractivity contribution in [1.82, 2.24) is 9.71 Å². The average Bonchev–Trinajstić information content (AvgIpc) is 2.53. The van der Waals surface area contributed by atoms with Crippen molar-refractivity contribution in [2.75, 3.05) is 6.54 Å². The maximum absolute atomic E-state index is 13.0. The number of nitrogens with zero attached hydrogens (tertiary/aromatic N) is 1. The third-order valence-electron chi connectivity index (χ3n) is 3.54. The van der Waals surface area contributed by atoms with Crippen molar-refractivity contribution in [1.29, 1.82) is 0 Å². The van der Waals surface area contributed by atoms with Crippen LogP contribution in [0.2, 0.25) is 0 Å². The zero-order chi connectivity index (χ0) is 18.0. The number of benzene rings is 1. The molecule has 0 unspecified atom stereocenters. The first-order valence-corrected chi connectivity index (χ1v) is 8.60. The number of aromatic nitrogens is 1. The molecular formula is C16H17F3N2O2S. The van der Waals surface area contributed by atoms with E-state index in [1.54, 1.807) is 38.2 Å². The van der Waals surface area contributed by atoms with E-state index in [0.29, 0.717) is 5.69 Å². The van der Waals surface area contributed by atoms with Crippen molar-refractivity contribution in [2.24, 2.45) is 0 Å². The number of pyridine rings is 1. The Morgan fingerprint density at radius 3 is 2.25 bits per heavy atom. The van der Waals surface area contributed by atoms with Crippen LogP contribution in [0.3, 0.4) is 0 Å². The molecule has 0 saturated heterocycles. The predicted octanol–water partition coefficient (Wildman–Crippen LogP) is 3.36. The zero-order valence-corrected chi connectivity index (χ0v) is 13.9. The summed E-state index contributed by atoms with van der Waals surface area (Å²) in [5.41, 5.74) is -1.23. The van der Waals surface area contributed by atoms with Crippen LogP contribution in [0.5, 0.6) is 0 Å². The number of halogens is 3. The summed E-state index contributed by atoms with van der Waals surface area (Å²) in [6, 6.07) is 9.32. The lowest BCUT2D eigenvalue weighted by molar-refractivity contribution is -0.139. The summed E-state index contributed by atoms with van der Waals surface area (Å²) in [4.78, 5) is 3.38. The lowest BCUT2D eigenvalue weighted by atomic mass is 9.89. The summed E-state index contributed by atoms with van der Waals surface area (Å²) < 4.78 is 66.0. The second kappa shape index (κ2) is 6.52. The predicted molar refractivity (Wildman–Crippen MR) is 83.9 cm³/mol. The Labute approximate surface area is 138 Å². The summed E-state index contributed by atoms with van der Waals surface area (Å²) in [6.07, 6.45) is -3.17. The van der Waals surface area contributed by atoms with Gasteiger partial charge in [0.05, 0.1) is 10.5 Å². The lowest BCUT2D eigenvalue weighted by Crippen LogP contribution is -2.37. The summed E-state index contributed by atoms with van der Waals surface area (Å²) in [5, 5.41) is 0. The maximum atomic E-state index is 13.0. The van der Waals surface area contributed by atoms with Gasteiger partial charge in [0, 0.05) is 23.9 Å². The summed E-state index contributed by atoms with van der Waals surface area (Å²) in [7, 11) is -4.31. The van der Waals surface area contributed by atoms with Gasteiger partial charge in [-0.15, -0.1) is 0 Å². The van der Waals surface area contributed by atoms with E-state index in [1.807, 2.05) is 0 Å². The molecule has 0 fully saturated rings. The molecule has 0 spiro atoms. The van der Waals surface area contributed by atoms with Gasteiger partial charge in [0.2, 0.25) is 10.0 Å². The Morgan fingerprint density at radius 1 is 1.04 bits per heavy atom. The highest BCUT2D eigenvalue weighted by atomic mass is 32.2. The van der Waals surface area contributed by atoms with Crippen LogP contribution in [-0.4, -0.2) is 19.9 Å². The number of hydrogen-bond acceptors (Lipinski definition) is 3. The van der Waals surface area contributed by atoms with Crippen LogP contribution >= 0.6 is 0 Å². The Morgan fingerprint density at radius 2 is 1.67 bits per heavy atom. The number of nitrogens with one attached hydrogen (secondary N) is 1. The fourth-order valence-corrected chi connectivity index (χ4v) is 3.58. The van der Waals surface area contributed by atoms with Gasteiger partial charge in [0.25, 0.3) is 0 Å². The van der Waals surface area contributed by atoms with E-state index in [4.69, 9.17) is 0 Å². The molecule has 2 aromatic rings. The second-order valence-electron chi connectivity index (χ2n) is 5.92. The van der Waals surface area contributed by atoms with E-state index in [0.717, 1.165) is 18.2 Å². The second-order valence-corrected chi connectivity index (χ2v) is 7.65. The van der Waals surface area contributed by atoms with Crippen LogP contribution < -0.4 is 4.72 Å². The van der Waals surface area contributed by atoms with Gasteiger partial charge in [-0.05, 0) is 24.3 Å². The Hall–Kier alpha value is -1.93. The molecule has 1 aromatic carbocycles. The standard InChI is InChI=1S/C16H17F3N2O2S/c1-15(2,14-9-5-6-10-20-14)11-21-24(22,23)13-8-4-3-7-12(13)16(17,18)19/h3-10,21H,11H2,1-2H3. The Balaban J connectivity index is 2.28. The van der Waals surface area contributed by atoms with Gasteiger partial charge in [-0.25, -0.2) is 13.1 Å². The summed E-state index contributed by atoms with van der Waals surface area (Å²) in [5.74, 6) is 0. The van der Waals surface area contributed by atoms with Gasteiger partial charge >= 0.3 is 6.18 Å². The topological polar surface area (TPSA) is 59.1 Å². The first kappa shape index (κ1) is 18.4. The van der Waals surface area contributed by atoms with E-state index < -0.39 is 32.1 Å². The molecule has 1 N–H and O–H groups in total. The Kier molecular flexibility index (Phi) is 5.00. The van der Waals surface area contributed by atoms with Crippen LogP contribution in [0.1, 0.15) is 25.1 Å². The highest BCUT2D eigenvalue weighted by Gasteiger charge is 2.37. The van der Waals surface area contributed by atoms with E-state index in [-0.39, 0.29) is 6.54 Å². The molecule has 0 aliphatic rings. The van der Waals surface area contributed by atoms with Crippen LogP contribution in [-0.2, 0) is 21.6 Å². The van der Waals surface area contributed by atoms with Crippen molar-refractivity contribution in [3.63, 3.8) is 0 Å². The molecule has 1 aromatic heterocycles. The largest absolute Gasteiger partial charge is 0.417 e. The Bertz CT molecular complexity index is 804. The third kappa shape index (κ3) is 4.12. The molecule has 2 rings (SSSR count). The van der Waals surface area contributed by atoms with E-state index >= 15 is 0 Å². The van der Waals surface area contributed by atoms with Crippen molar-refractivity contribution >= 4 is 10.0 Å². The zero-order valence-electron chi connectivity index (χ0n) is 13.1. The monoisotopic (exact) mass is 358 g/mol. The molecule has 0 aliphatic heterocycles. The van der Waals surface area contributed by atoms with Crippen molar-refractivity contribution in [2.45, 2.75) is 30.3 Å². The minimum absolute atomic E-state index is 0.0848. The van der Waals surface area contributed by atoms with Crippen LogP contribution in [0.4, 0.5) is 13.2 Å². The highest BCUT2D eigenvalue weighted by molar-refractivity contribution is 7.89. The van der Waals surface area contributed by atoms with E-state index in [9.17, 15) is 21.6 Å². The average molecular weight is 358 g/mol. The van der Waals surface area contributed by atoms with Crippen LogP contribution in [0.15, 0.2) is 53.6 Å². The minimum Gasteiger partial charge on any atom is -0.261 e. The molecule has 130 valence electrons. The number of hydrogen-bond donors (Lipinski definition) is 1. The van der Waals surface area contributed by atoms with Gasteiger partial charge in [-0.2, -0.15) is 13.2 Å². The molecule has 4 nitrogen and oxygen atoms in total. The lowest BCUT2D eigenvalue weighted by Gasteiger charge is -2.24. The normalized spacial score (nSPS) is 13.0. The van der Waals surface area contributed by atoms with Crippen LogP contribution in [0.25, 0.3) is 0 Å². The summed E-state index contributed by atoms with van der Waals surface area (Å²) in [6.45, 7) is 3.43. The maximum Gasteiger partial charge on any atom is 0.417 e. The summed E-state index contributed by atoms with van der Waals surface area (Å²) >= 11 is 0. The highest BCUT2D eigenvalue weighted by Crippen LogP contribution is 2.34. The first-order valence-electron chi connectivity index (χ1n) is 7.11. The van der Waals surface area contributed by atoms with Gasteiger partial charge in [0.1, 0.15) is 0 Å². The molecule has 0 bridgehead atoms. The molecule has 0 aliphatic carbocycles. The number of alkyl halides is 3. The van der Waals surface area contributed by atoms with Gasteiger partial charge in [-0.3, -0.25) is 4.98 Å². The molecule has 0 atom stereocenters. The molecular weight excluding hydrogens is 341 g/mol. The van der Waals surface area contributed by atoms with Crippen molar-refractivity contribution in [3.8, 4) is 0 Å². The molecule has 0 saturated carbocycles. The van der Waals surface area contributed by atoms with Crippen molar-refractivity contribution < 1.29 is 21.6 Å². The fraction of sp³-hybridized carbons (Fsp3) is 0.312.